The third kappa shape index (κ3) is 9.02. The predicted molar refractivity (Wildman–Crippen MR) is 179 cm³/mol. The lowest BCUT2D eigenvalue weighted by Gasteiger charge is -2.41. The average molecular weight is 668 g/mol. The summed E-state index contributed by atoms with van der Waals surface area (Å²) in [6.07, 6.45) is 0.938. The van der Waals surface area contributed by atoms with Crippen LogP contribution in [0.2, 0.25) is 5.02 Å². The smallest absolute Gasteiger partial charge is 0.410 e. The molecule has 9 nitrogen and oxygen atoms in total. The second kappa shape index (κ2) is 15.6. The largest absolute Gasteiger partial charge is 0.488 e. The second-order valence-corrected chi connectivity index (χ2v) is 13.0. The number of hydrogen-bond donors (Lipinski definition) is 1. The fourth-order valence-electron chi connectivity index (χ4n) is 5.80. The molecule has 1 saturated heterocycles. The van der Waals surface area contributed by atoms with Crippen LogP contribution in [-0.4, -0.2) is 79.3 Å². The molecule has 2 atom stereocenters. The topological polar surface area (TPSA) is 111 Å². The molecule has 0 bridgehead atoms. The van der Waals surface area contributed by atoms with Crippen LogP contribution < -0.4 is 10.5 Å². The maximum absolute atomic E-state index is 16.1. The van der Waals surface area contributed by atoms with Crippen LogP contribution in [0.15, 0.2) is 60.7 Å². The quantitative estimate of drug-likeness (QED) is 0.229. The Kier molecular flexibility index (Phi) is 11.9. The van der Waals surface area contributed by atoms with Crippen molar-refractivity contribution in [3.05, 3.63) is 88.2 Å². The van der Waals surface area contributed by atoms with Gasteiger partial charge in [-0.15, -0.1) is 0 Å². The number of amides is 3. The van der Waals surface area contributed by atoms with Crippen molar-refractivity contribution in [1.29, 1.82) is 0 Å². The standard InChI is InChI=1S/C36H43ClFN3O6/c1-23(42)40-17-9-12-26(21-40)41(35(44)47-36(2,3)4)22-29(24-10-7-6-8-11-24)25-13-15-30(37)28(20-25)32-27(34(39)43)14-16-31(33(32)38)46-19-18-45-5/h6-8,10-11,13-16,20,26,29H,9,12,17-19,21-22H2,1-5H3,(H2,39,43)/t26-,29?/m1/s1. The van der Waals surface area contributed by atoms with Gasteiger partial charge in [0.05, 0.1) is 18.2 Å². The first-order valence-electron chi connectivity index (χ1n) is 15.6. The minimum atomic E-state index is -0.827. The van der Waals surface area contributed by atoms with E-state index in [1.165, 1.54) is 26.2 Å². The van der Waals surface area contributed by atoms with E-state index in [1.54, 1.807) is 21.9 Å². The lowest BCUT2D eigenvalue weighted by Crippen LogP contribution is -2.53. The number of methoxy groups -OCH3 is 1. The molecule has 47 heavy (non-hydrogen) atoms. The SMILES string of the molecule is COCCOc1ccc(C(N)=O)c(-c2cc(C(CN(C(=O)OC(C)(C)C)[C@@H]3CCCN(C(C)=O)C3)c3ccccc3)ccc2Cl)c1F. The summed E-state index contributed by atoms with van der Waals surface area (Å²) in [7, 11) is 1.51. The fourth-order valence-corrected chi connectivity index (χ4v) is 6.01. The summed E-state index contributed by atoms with van der Waals surface area (Å²) in [5, 5.41) is 0.199. The molecular formula is C36H43ClFN3O6. The maximum Gasteiger partial charge on any atom is 0.410 e. The highest BCUT2D eigenvalue weighted by molar-refractivity contribution is 6.33. The van der Waals surface area contributed by atoms with Gasteiger partial charge in [-0.2, -0.15) is 0 Å². The van der Waals surface area contributed by atoms with Crippen LogP contribution in [0.3, 0.4) is 0 Å². The van der Waals surface area contributed by atoms with Gasteiger partial charge >= 0.3 is 6.09 Å². The molecular weight excluding hydrogens is 625 g/mol. The molecule has 0 aliphatic carbocycles. The van der Waals surface area contributed by atoms with E-state index in [2.05, 4.69) is 0 Å². The van der Waals surface area contributed by atoms with Crippen LogP contribution in [0.5, 0.6) is 5.75 Å². The summed E-state index contributed by atoms with van der Waals surface area (Å²) >= 11 is 6.70. The van der Waals surface area contributed by atoms with Crippen molar-refractivity contribution in [2.24, 2.45) is 5.73 Å². The molecule has 0 radical (unpaired) electrons. The highest BCUT2D eigenvalue weighted by Crippen LogP contribution is 2.40. The first-order valence-corrected chi connectivity index (χ1v) is 16.0. The molecule has 11 heteroatoms. The number of nitrogens with zero attached hydrogens (tertiary/aromatic N) is 2. The number of rotatable bonds is 11. The van der Waals surface area contributed by atoms with Crippen LogP contribution in [0.25, 0.3) is 11.1 Å². The zero-order chi connectivity index (χ0) is 34.3. The van der Waals surface area contributed by atoms with Gasteiger partial charge in [-0.3, -0.25) is 9.59 Å². The zero-order valence-corrected chi connectivity index (χ0v) is 28.3. The Morgan fingerprint density at radius 2 is 1.79 bits per heavy atom. The van der Waals surface area contributed by atoms with Gasteiger partial charge in [0.1, 0.15) is 12.2 Å². The molecule has 4 rings (SSSR count). The molecule has 3 aromatic carbocycles. The van der Waals surface area contributed by atoms with Gasteiger partial charge in [-0.05, 0) is 69.0 Å². The van der Waals surface area contributed by atoms with E-state index in [0.717, 1.165) is 12.0 Å². The number of piperidine rings is 1. The number of likely N-dealkylation sites (tertiary alicyclic amines) is 1. The summed E-state index contributed by atoms with van der Waals surface area (Å²) in [5.74, 6) is -2.16. The highest BCUT2D eigenvalue weighted by atomic mass is 35.5. The molecule has 0 spiro atoms. The van der Waals surface area contributed by atoms with Gasteiger partial charge in [0, 0.05) is 55.7 Å². The Labute approximate surface area is 280 Å². The number of nitrogens with two attached hydrogens (primary N) is 1. The molecule has 1 heterocycles. The summed E-state index contributed by atoms with van der Waals surface area (Å²) in [5.41, 5.74) is 6.66. The Morgan fingerprint density at radius 3 is 2.43 bits per heavy atom. The number of ether oxygens (including phenoxy) is 3. The van der Waals surface area contributed by atoms with E-state index in [-0.39, 0.29) is 59.2 Å². The predicted octanol–water partition coefficient (Wildman–Crippen LogP) is 6.65. The fraction of sp³-hybridized carbons (Fsp3) is 0.417. The number of carbonyl (C=O) groups is 3. The Morgan fingerprint density at radius 1 is 1.06 bits per heavy atom. The number of primary amides is 1. The Balaban J connectivity index is 1.84. The maximum atomic E-state index is 16.1. The monoisotopic (exact) mass is 667 g/mol. The summed E-state index contributed by atoms with van der Waals surface area (Å²) in [6, 6.07) is 17.3. The number of carbonyl (C=O) groups excluding carboxylic acids is 3. The lowest BCUT2D eigenvalue weighted by atomic mass is 9.87. The van der Waals surface area contributed by atoms with Crippen LogP contribution in [0.1, 0.15) is 67.9 Å². The molecule has 0 aromatic heterocycles. The van der Waals surface area contributed by atoms with E-state index in [0.29, 0.717) is 25.1 Å². The molecule has 1 aliphatic rings. The molecule has 252 valence electrons. The van der Waals surface area contributed by atoms with Gasteiger partial charge in [-0.1, -0.05) is 48.0 Å². The second-order valence-electron chi connectivity index (χ2n) is 12.6. The van der Waals surface area contributed by atoms with Gasteiger partial charge in [0.2, 0.25) is 11.8 Å². The Bertz CT molecular complexity index is 1580. The highest BCUT2D eigenvalue weighted by Gasteiger charge is 2.35. The molecule has 2 N–H and O–H groups in total. The van der Waals surface area contributed by atoms with Crippen molar-refractivity contribution in [1.82, 2.24) is 9.80 Å². The normalized spacial score (nSPS) is 15.6. The molecule has 3 amide bonds. The zero-order valence-electron chi connectivity index (χ0n) is 27.6. The molecule has 1 aliphatic heterocycles. The summed E-state index contributed by atoms with van der Waals surface area (Å²) in [4.78, 5) is 42.1. The van der Waals surface area contributed by atoms with Crippen molar-refractivity contribution in [2.75, 3.05) is 40.0 Å². The van der Waals surface area contributed by atoms with E-state index in [4.69, 9.17) is 31.5 Å². The first-order chi connectivity index (χ1) is 22.3. The van der Waals surface area contributed by atoms with E-state index in [9.17, 15) is 14.4 Å². The van der Waals surface area contributed by atoms with E-state index < -0.39 is 29.3 Å². The van der Waals surface area contributed by atoms with Crippen molar-refractivity contribution in [3.63, 3.8) is 0 Å². The third-order valence-corrected chi connectivity index (χ3v) is 8.40. The van der Waals surface area contributed by atoms with Gasteiger partial charge < -0.3 is 29.7 Å². The lowest BCUT2D eigenvalue weighted by molar-refractivity contribution is -0.131. The first kappa shape index (κ1) is 35.7. The average Bonchev–Trinajstić information content (AvgIpc) is 3.02. The minimum absolute atomic E-state index is 0.0542. The summed E-state index contributed by atoms with van der Waals surface area (Å²) < 4.78 is 32.6. The van der Waals surface area contributed by atoms with Gasteiger partial charge in [-0.25, -0.2) is 9.18 Å². The van der Waals surface area contributed by atoms with Crippen molar-refractivity contribution >= 4 is 29.5 Å². The van der Waals surface area contributed by atoms with Crippen LogP contribution in [0.4, 0.5) is 9.18 Å². The van der Waals surface area contributed by atoms with E-state index in [1.807, 2.05) is 57.2 Å². The van der Waals surface area contributed by atoms with Crippen LogP contribution in [-0.2, 0) is 14.3 Å². The molecule has 1 unspecified atom stereocenters. The molecule has 3 aromatic rings. The van der Waals surface area contributed by atoms with E-state index >= 15 is 4.39 Å². The number of hydrogen-bond acceptors (Lipinski definition) is 6. The molecule has 0 saturated carbocycles. The number of halogens is 2. The Hall–Kier alpha value is -4.15. The van der Waals surface area contributed by atoms with Gasteiger partial charge in [0.15, 0.2) is 11.6 Å². The van der Waals surface area contributed by atoms with Crippen molar-refractivity contribution in [3.8, 4) is 16.9 Å². The molecule has 1 fully saturated rings. The van der Waals surface area contributed by atoms with Crippen LogP contribution >= 0.6 is 11.6 Å². The van der Waals surface area contributed by atoms with Crippen LogP contribution in [0, 0.1) is 5.82 Å². The van der Waals surface area contributed by atoms with Crippen molar-refractivity contribution in [2.45, 2.75) is 58.1 Å². The summed E-state index contributed by atoms with van der Waals surface area (Å²) in [6.45, 7) is 8.48. The number of benzene rings is 3. The van der Waals surface area contributed by atoms with Gasteiger partial charge in [0.25, 0.3) is 0 Å². The minimum Gasteiger partial charge on any atom is -0.488 e. The third-order valence-electron chi connectivity index (χ3n) is 8.07. The van der Waals surface area contributed by atoms with Crippen molar-refractivity contribution < 1.29 is 33.0 Å².